The van der Waals surface area contributed by atoms with Gasteiger partial charge < -0.3 is 24.7 Å². The van der Waals surface area contributed by atoms with Crippen molar-refractivity contribution in [1.82, 2.24) is 9.88 Å². The molecule has 1 aromatic heterocycles. The molecule has 0 bridgehead atoms. The number of esters is 1. The van der Waals surface area contributed by atoms with E-state index in [0.29, 0.717) is 16.8 Å². The maximum atomic E-state index is 13.4. The molecule has 1 aromatic carbocycles. The number of hydrogen-bond donors (Lipinski definition) is 2. The van der Waals surface area contributed by atoms with Crippen molar-refractivity contribution in [3.8, 4) is 0 Å². The molecule has 174 valence electrons. The summed E-state index contributed by atoms with van der Waals surface area (Å²) < 4.78 is 10.2. The highest BCUT2D eigenvalue weighted by molar-refractivity contribution is 6.07. The largest absolute Gasteiger partial charge is 0.461 e. The van der Waals surface area contributed by atoms with Gasteiger partial charge >= 0.3 is 12.0 Å². The molecule has 2 aromatic rings. The van der Waals surface area contributed by atoms with Crippen LogP contribution in [0.1, 0.15) is 57.1 Å². The Hall–Kier alpha value is -3.13. The molecule has 2 amide bonds. The van der Waals surface area contributed by atoms with E-state index in [1.807, 2.05) is 32.0 Å². The van der Waals surface area contributed by atoms with Gasteiger partial charge in [-0.05, 0) is 58.2 Å². The van der Waals surface area contributed by atoms with Crippen LogP contribution in [-0.2, 0) is 9.47 Å². The molecule has 0 saturated heterocycles. The van der Waals surface area contributed by atoms with Crippen molar-refractivity contribution in [2.75, 3.05) is 32.2 Å². The average Bonchev–Trinajstić information content (AvgIpc) is 3.04. The fourth-order valence-electron chi connectivity index (χ4n) is 3.73. The number of Topliss-reactive ketones (excluding diaryl/α,β-unsaturated/α-hetero) is 1. The summed E-state index contributed by atoms with van der Waals surface area (Å²) in [7, 11) is 1.54. The summed E-state index contributed by atoms with van der Waals surface area (Å²) in [5.41, 5.74) is 4.30. The van der Waals surface area contributed by atoms with Crippen LogP contribution in [0.5, 0.6) is 0 Å². The van der Waals surface area contributed by atoms with Crippen molar-refractivity contribution in [1.29, 1.82) is 0 Å². The molecule has 0 aliphatic carbocycles. The summed E-state index contributed by atoms with van der Waals surface area (Å²) in [4.78, 5) is 43.3. The molecule has 0 radical (unpaired) electrons. The molecule has 0 fully saturated rings. The number of aromatic nitrogens is 1. The van der Waals surface area contributed by atoms with Crippen molar-refractivity contribution in [2.24, 2.45) is 0 Å². The van der Waals surface area contributed by atoms with Crippen molar-refractivity contribution >= 4 is 23.5 Å². The molecule has 2 rings (SSSR count). The van der Waals surface area contributed by atoms with Crippen molar-refractivity contribution < 1.29 is 23.9 Å². The second-order valence-corrected chi connectivity index (χ2v) is 7.77. The minimum atomic E-state index is -0.780. The lowest BCUT2D eigenvalue weighted by molar-refractivity contribution is 0.0519. The quantitative estimate of drug-likeness (QED) is 0.447. The predicted molar refractivity (Wildman–Crippen MR) is 124 cm³/mol. The van der Waals surface area contributed by atoms with Gasteiger partial charge in [0.15, 0.2) is 5.78 Å². The zero-order valence-electron chi connectivity index (χ0n) is 19.9. The number of aryl methyl sites for hydroxylation is 3. The van der Waals surface area contributed by atoms with E-state index in [0.717, 1.165) is 16.8 Å². The van der Waals surface area contributed by atoms with E-state index in [-0.39, 0.29) is 31.2 Å². The van der Waals surface area contributed by atoms with Crippen molar-refractivity contribution in [2.45, 2.75) is 47.6 Å². The Morgan fingerprint density at radius 2 is 1.75 bits per heavy atom. The Labute approximate surface area is 189 Å². The molecule has 8 heteroatoms. The summed E-state index contributed by atoms with van der Waals surface area (Å²) in [5, 5.41) is 2.94. The first-order valence-corrected chi connectivity index (χ1v) is 10.7. The van der Waals surface area contributed by atoms with Crippen LogP contribution < -0.4 is 5.32 Å². The Balaban J connectivity index is 2.35. The SMILES string of the molecule is CCOC(=O)c1[nH]c(C)c(C(=O)C(C)N(CCOC)C(=O)Nc2c(C)cccc2C)c1C. The number of carbonyl (C=O) groups excluding carboxylic acids is 3. The van der Waals surface area contributed by atoms with Gasteiger partial charge in [-0.1, -0.05) is 18.2 Å². The number of H-pyrrole nitrogens is 1. The van der Waals surface area contributed by atoms with Crippen LogP contribution in [-0.4, -0.2) is 60.6 Å². The third kappa shape index (κ3) is 5.37. The van der Waals surface area contributed by atoms with E-state index < -0.39 is 18.0 Å². The third-order valence-electron chi connectivity index (χ3n) is 5.52. The lowest BCUT2D eigenvalue weighted by atomic mass is 10.00. The standard InChI is InChI=1S/C24H33N3O5/c1-8-32-23(29)21-16(4)19(17(5)25-21)22(28)18(6)27(12-13-31-7)24(30)26-20-14(2)10-9-11-15(20)3/h9-11,18,25H,8,12-13H2,1-7H3,(H,26,30). The van der Waals surface area contributed by atoms with Gasteiger partial charge in [-0.15, -0.1) is 0 Å². The summed E-state index contributed by atoms with van der Waals surface area (Å²) >= 11 is 0. The van der Waals surface area contributed by atoms with E-state index in [1.54, 1.807) is 34.8 Å². The van der Waals surface area contributed by atoms with Crippen molar-refractivity contribution in [3.05, 3.63) is 51.8 Å². The highest BCUT2D eigenvalue weighted by Gasteiger charge is 2.31. The van der Waals surface area contributed by atoms with Gasteiger partial charge in [0.1, 0.15) is 5.69 Å². The Kier molecular flexibility index (Phi) is 8.60. The number of nitrogens with zero attached hydrogens (tertiary/aromatic N) is 1. The predicted octanol–water partition coefficient (Wildman–Crippen LogP) is 4.18. The molecule has 0 aliphatic rings. The van der Waals surface area contributed by atoms with Crippen LogP contribution in [0.15, 0.2) is 18.2 Å². The number of aromatic amines is 1. The number of benzene rings is 1. The van der Waals surface area contributed by atoms with E-state index in [9.17, 15) is 14.4 Å². The lowest BCUT2D eigenvalue weighted by Crippen LogP contribution is -2.47. The van der Waals surface area contributed by atoms with Gasteiger partial charge in [0.2, 0.25) is 0 Å². The van der Waals surface area contributed by atoms with Gasteiger partial charge in [-0.2, -0.15) is 0 Å². The third-order valence-corrected chi connectivity index (χ3v) is 5.52. The highest BCUT2D eigenvalue weighted by atomic mass is 16.5. The zero-order chi connectivity index (χ0) is 24.0. The molecule has 0 saturated carbocycles. The maximum absolute atomic E-state index is 13.4. The van der Waals surface area contributed by atoms with Crippen LogP contribution in [0.2, 0.25) is 0 Å². The smallest absolute Gasteiger partial charge is 0.355 e. The number of anilines is 1. The Bertz CT molecular complexity index is 976. The summed E-state index contributed by atoms with van der Waals surface area (Å²) in [6.45, 7) is 11.4. The molecule has 2 N–H and O–H groups in total. The number of rotatable bonds is 9. The van der Waals surface area contributed by atoms with Gasteiger partial charge in [-0.3, -0.25) is 4.79 Å². The van der Waals surface area contributed by atoms with Crippen LogP contribution in [0.3, 0.4) is 0 Å². The first-order valence-electron chi connectivity index (χ1n) is 10.7. The summed E-state index contributed by atoms with van der Waals surface area (Å²) in [6.07, 6.45) is 0. The van der Waals surface area contributed by atoms with Gasteiger partial charge in [0.05, 0.1) is 19.3 Å². The fourth-order valence-corrected chi connectivity index (χ4v) is 3.73. The van der Waals surface area contributed by atoms with Crippen LogP contribution in [0, 0.1) is 27.7 Å². The van der Waals surface area contributed by atoms with E-state index in [4.69, 9.17) is 9.47 Å². The first kappa shape index (κ1) is 25.1. The van der Waals surface area contributed by atoms with Crippen LogP contribution in [0.4, 0.5) is 10.5 Å². The minimum Gasteiger partial charge on any atom is -0.461 e. The number of carbonyl (C=O) groups is 3. The molecule has 32 heavy (non-hydrogen) atoms. The normalized spacial score (nSPS) is 11.7. The van der Waals surface area contributed by atoms with Crippen molar-refractivity contribution in [3.63, 3.8) is 0 Å². The van der Waals surface area contributed by atoms with Gasteiger partial charge in [0, 0.05) is 30.6 Å². The maximum Gasteiger partial charge on any atom is 0.355 e. The Morgan fingerprint density at radius 1 is 1.12 bits per heavy atom. The summed E-state index contributed by atoms with van der Waals surface area (Å²) in [6, 6.07) is 4.59. The summed E-state index contributed by atoms with van der Waals surface area (Å²) in [5.74, 6) is -0.775. The number of ether oxygens (including phenoxy) is 2. The number of hydrogen-bond acceptors (Lipinski definition) is 5. The molecular formula is C24H33N3O5. The topological polar surface area (TPSA) is 101 Å². The molecule has 0 spiro atoms. The number of methoxy groups -OCH3 is 1. The monoisotopic (exact) mass is 443 g/mol. The van der Waals surface area contributed by atoms with E-state index in [1.165, 1.54) is 4.90 Å². The molecule has 0 aliphatic heterocycles. The number of ketones is 1. The molecule has 8 nitrogen and oxygen atoms in total. The zero-order valence-corrected chi connectivity index (χ0v) is 19.9. The number of nitrogens with one attached hydrogen (secondary N) is 2. The van der Waals surface area contributed by atoms with E-state index >= 15 is 0 Å². The number of urea groups is 1. The average molecular weight is 444 g/mol. The number of para-hydroxylation sites is 1. The lowest BCUT2D eigenvalue weighted by Gasteiger charge is -2.29. The van der Waals surface area contributed by atoms with Crippen LogP contribution in [0.25, 0.3) is 0 Å². The molecule has 1 atom stereocenters. The second-order valence-electron chi connectivity index (χ2n) is 7.77. The van der Waals surface area contributed by atoms with Crippen LogP contribution >= 0.6 is 0 Å². The second kappa shape index (κ2) is 10.9. The molecule has 1 heterocycles. The van der Waals surface area contributed by atoms with Gasteiger partial charge in [0.25, 0.3) is 0 Å². The molecular weight excluding hydrogens is 410 g/mol. The van der Waals surface area contributed by atoms with Gasteiger partial charge in [-0.25, -0.2) is 9.59 Å². The number of amides is 2. The molecule has 1 unspecified atom stereocenters. The minimum absolute atomic E-state index is 0.230. The first-order chi connectivity index (χ1) is 15.1. The fraction of sp³-hybridized carbons (Fsp3) is 0.458. The highest BCUT2D eigenvalue weighted by Crippen LogP contribution is 2.24. The van der Waals surface area contributed by atoms with E-state index in [2.05, 4.69) is 10.3 Å². The Morgan fingerprint density at radius 3 is 2.31 bits per heavy atom.